The van der Waals surface area contributed by atoms with Crippen LogP contribution in [0.2, 0.25) is 0 Å². The fraction of sp³-hybridized carbons (Fsp3) is 0.643. The van der Waals surface area contributed by atoms with Crippen LogP contribution in [-0.2, 0) is 42.9 Å². The lowest BCUT2D eigenvalue weighted by atomic mass is 9.43. The van der Waals surface area contributed by atoms with Gasteiger partial charge in [0.15, 0.2) is 0 Å². The summed E-state index contributed by atoms with van der Waals surface area (Å²) in [7, 11) is 0. The zero-order valence-electron chi connectivity index (χ0n) is 31.9. The van der Waals surface area contributed by atoms with E-state index in [-0.39, 0.29) is 19.4 Å². The fourth-order valence-electron chi connectivity index (χ4n) is 10.4. The number of hydrogen-bond acceptors (Lipinski definition) is 13. The Morgan fingerprint density at radius 2 is 1.73 bits per heavy atom. The smallest absolute Gasteiger partial charge is 0.349 e. The molecular weight excluding hydrogens is 708 g/mol. The molecule has 13 nitrogen and oxygen atoms in total. The van der Waals surface area contributed by atoms with Crippen molar-refractivity contribution in [3.63, 3.8) is 0 Å². The van der Waals surface area contributed by atoms with E-state index in [9.17, 15) is 34.2 Å². The summed E-state index contributed by atoms with van der Waals surface area (Å²) in [5.41, 5.74) is 1.99. The Morgan fingerprint density at radius 1 is 1.02 bits per heavy atom. The van der Waals surface area contributed by atoms with Gasteiger partial charge in [0.25, 0.3) is 0 Å². The van der Waals surface area contributed by atoms with Gasteiger partial charge in [-0.3, -0.25) is 19.2 Å². The number of Topliss-reactive ketones (excluding diaryl/α,β-unsaturated/α-hetero) is 2. The number of ether oxygens (including phenoxy) is 4. The number of aliphatic hydroxyl groups is 2. The average Bonchev–Trinajstić information content (AvgIpc) is 3.17. The Labute approximate surface area is 321 Å². The molecule has 0 aromatic heterocycles. The number of hydrogen-bond donors (Lipinski definition) is 4. The molecule has 5 N–H and O–H groups in total. The molecule has 6 aliphatic rings. The third-order valence-electron chi connectivity index (χ3n) is 14.0. The Kier molecular flexibility index (Phi) is 10.7. The second-order valence-electron chi connectivity index (χ2n) is 17.3. The van der Waals surface area contributed by atoms with Crippen molar-refractivity contribution in [2.24, 2.45) is 52.1 Å². The van der Waals surface area contributed by atoms with E-state index in [1.165, 1.54) is 6.92 Å². The molecule has 2 saturated heterocycles. The van der Waals surface area contributed by atoms with Crippen molar-refractivity contribution < 1.29 is 53.1 Å². The first-order chi connectivity index (χ1) is 26.1. The maximum absolute atomic E-state index is 14.7. The molecule has 298 valence electrons. The van der Waals surface area contributed by atoms with Crippen LogP contribution in [0.1, 0.15) is 71.4 Å². The summed E-state index contributed by atoms with van der Waals surface area (Å²) in [5, 5.41) is 28.2. The van der Waals surface area contributed by atoms with Gasteiger partial charge in [-0.15, -0.1) is 0 Å². The first-order valence-corrected chi connectivity index (χ1v) is 19.7. The Balaban J connectivity index is 1.28. The highest BCUT2D eigenvalue weighted by Crippen LogP contribution is 2.62. The minimum Gasteiger partial charge on any atom is -0.459 e. The van der Waals surface area contributed by atoms with Crippen molar-refractivity contribution in [1.82, 2.24) is 5.32 Å². The number of carbonyl (C=O) groups excluding carboxylic acids is 5. The Bertz CT molecular complexity index is 1740. The van der Waals surface area contributed by atoms with Gasteiger partial charge >= 0.3 is 17.9 Å². The molecule has 4 aliphatic carbocycles. The lowest BCUT2D eigenvalue weighted by molar-refractivity contribution is -0.296. The third-order valence-corrected chi connectivity index (χ3v) is 14.0. The van der Waals surface area contributed by atoms with E-state index in [1.807, 2.05) is 12.2 Å². The van der Waals surface area contributed by atoms with Crippen LogP contribution in [0.4, 0.5) is 0 Å². The lowest BCUT2D eigenvalue weighted by Gasteiger charge is -2.65. The van der Waals surface area contributed by atoms with Crippen LogP contribution >= 0.6 is 0 Å². The van der Waals surface area contributed by atoms with Crippen LogP contribution in [0.25, 0.3) is 0 Å². The number of nitrogens with two attached hydrogens (primary N) is 1. The largest absolute Gasteiger partial charge is 0.459 e. The summed E-state index contributed by atoms with van der Waals surface area (Å²) in [6.07, 6.45) is 2.31. The van der Waals surface area contributed by atoms with E-state index in [0.717, 1.165) is 0 Å². The van der Waals surface area contributed by atoms with E-state index >= 15 is 0 Å². The molecule has 2 aliphatic heterocycles. The van der Waals surface area contributed by atoms with Crippen molar-refractivity contribution in [3.8, 4) is 0 Å². The van der Waals surface area contributed by atoms with Crippen LogP contribution in [-0.4, -0.2) is 95.5 Å². The maximum atomic E-state index is 14.7. The second-order valence-corrected chi connectivity index (χ2v) is 17.3. The highest BCUT2D eigenvalue weighted by molar-refractivity contribution is 6.40. The minimum atomic E-state index is -2.07. The highest BCUT2D eigenvalue weighted by Gasteiger charge is 2.74. The summed E-state index contributed by atoms with van der Waals surface area (Å²) in [6.45, 7) is 7.97. The Morgan fingerprint density at radius 3 is 2.36 bits per heavy atom. The number of rotatable bonds is 8. The molecular formula is C42H54N2O11. The molecule has 0 amide bonds. The molecule has 0 spiro atoms. The molecule has 0 radical (unpaired) electrons. The zero-order valence-corrected chi connectivity index (χ0v) is 31.9. The number of fused-ring (bicyclic) bond motifs is 5. The minimum absolute atomic E-state index is 0.106. The second kappa shape index (κ2) is 15.0. The van der Waals surface area contributed by atoms with Gasteiger partial charge in [-0.25, -0.2) is 4.79 Å². The van der Waals surface area contributed by atoms with E-state index in [1.54, 1.807) is 63.3 Å². The van der Waals surface area contributed by atoms with Crippen molar-refractivity contribution in [2.45, 2.75) is 102 Å². The predicted octanol–water partition coefficient (Wildman–Crippen LogP) is 2.52. The first kappa shape index (κ1) is 39.5. The molecule has 7 rings (SSSR count). The van der Waals surface area contributed by atoms with Gasteiger partial charge in [0, 0.05) is 41.9 Å². The van der Waals surface area contributed by atoms with Gasteiger partial charge in [0.2, 0.25) is 17.7 Å². The maximum Gasteiger partial charge on any atom is 0.349 e. The molecule has 55 heavy (non-hydrogen) atoms. The van der Waals surface area contributed by atoms with Gasteiger partial charge in [-0.2, -0.15) is 0 Å². The van der Waals surface area contributed by atoms with Gasteiger partial charge in [0.05, 0.1) is 42.1 Å². The number of carbonyl (C=O) groups is 5. The van der Waals surface area contributed by atoms with Crippen molar-refractivity contribution in [3.05, 3.63) is 60.2 Å². The number of piperidine rings is 1. The fourth-order valence-corrected chi connectivity index (χ4v) is 10.4. The SMILES string of the molecule is CC1C(OC(=O)C(OC(=O)C2CCNCC2)C(N)c2ccccc2)CC2(O)C(OC(=O)C3C=CC=CC3)C3C4COC4CC(O)C3(C)C(=O)C(=O)C1C2(C)C. The summed E-state index contributed by atoms with van der Waals surface area (Å²) in [5.74, 6) is -8.43. The normalized spacial score (nSPS) is 39.2. The number of aliphatic hydroxyl groups excluding tert-OH is 1. The van der Waals surface area contributed by atoms with Crippen LogP contribution < -0.4 is 11.1 Å². The zero-order chi connectivity index (χ0) is 39.4. The number of benzene rings is 1. The molecule has 13 atom stereocenters. The molecule has 13 heteroatoms. The number of nitrogens with one attached hydrogen (secondary N) is 1. The monoisotopic (exact) mass is 762 g/mol. The van der Waals surface area contributed by atoms with Gasteiger partial charge in [0.1, 0.15) is 17.8 Å². The predicted molar refractivity (Wildman–Crippen MR) is 196 cm³/mol. The quantitative estimate of drug-likeness (QED) is 0.171. The van der Waals surface area contributed by atoms with Crippen molar-refractivity contribution >= 4 is 29.5 Å². The first-order valence-electron chi connectivity index (χ1n) is 19.7. The van der Waals surface area contributed by atoms with Crippen molar-refractivity contribution in [2.75, 3.05) is 19.7 Å². The summed E-state index contributed by atoms with van der Waals surface area (Å²) < 4.78 is 24.3. The number of esters is 3. The van der Waals surface area contributed by atoms with Gasteiger partial charge in [-0.1, -0.05) is 75.4 Å². The topological polar surface area (TPSA) is 201 Å². The molecule has 3 saturated carbocycles. The molecule has 2 heterocycles. The van der Waals surface area contributed by atoms with Crippen molar-refractivity contribution in [1.29, 1.82) is 0 Å². The van der Waals surface area contributed by atoms with Crippen LogP contribution in [0.15, 0.2) is 54.6 Å². The molecule has 2 bridgehead atoms. The molecule has 1 aromatic rings. The molecule has 5 fully saturated rings. The third kappa shape index (κ3) is 6.59. The Hall–Kier alpha value is -3.75. The van der Waals surface area contributed by atoms with E-state index in [4.69, 9.17) is 24.7 Å². The number of allylic oxidation sites excluding steroid dienone is 3. The molecule has 1 aromatic carbocycles. The lowest BCUT2D eigenvalue weighted by Crippen LogP contribution is -2.77. The molecule has 13 unspecified atom stereocenters. The van der Waals surface area contributed by atoms with E-state index in [2.05, 4.69) is 5.32 Å². The summed E-state index contributed by atoms with van der Waals surface area (Å²) in [4.78, 5) is 71.3. The summed E-state index contributed by atoms with van der Waals surface area (Å²) in [6, 6.07) is 7.60. The standard InChI is InChI=1S/C42H54N2O11/c1-22-28(53-39(50)34(32(43)23-11-7-5-8-12-23)54-37(48)25-15-17-44-18-16-25)20-42(51)36(55-38(49)24-13-9-6-10-14-24)31-26-21-52-27(26)19-29(45)41(31,4)35(47)33(46)30(22)40(42,2)3/h5-13,22,24-32,34,36,44-45,51H,14-21,43H2,1-4H3. The number of ketones is 2. The highest BCUT2D eigenvalue weighted by atomic mass is 16.6. The van der Waals surface area contributed by atoms with Gasteiger partial charge in [-0.05, 0) is 44.8 Å². The average molecular weight is 763 g/mol. The van der Waals surface area contributed by atoms with Gasteiger partial charge < -0.3 is 40.2 Å². The summed E-state index contributed by atoms with van der Waals surface area (Å²) >= 11 is 0. The van der Waals surface area contributed by atoms with Crippen LogP contribution in [0.3, 0.4) is 0 Å². The van der Waals surface area contributed by atoms with Crippen LogP contribution in [0, 0.1) is 46.3 Å². The van der Waals surface area contributed by atoms with E-state index < -0.39 is 118 Å². The van der Waals surface area contributed by atoms with Crippen LogP contribution in [0.5, 0.6) is 0 Å². The van der Waals surface area contributed by atoms with E-state index in [0.29, 0.717) is 37.9 Å².